The molecule has 2 unspecified atom stereocenters. The third kappa shape index (κ3) is 5.78. The van der Waals surface area contributed by atoms with Crippen LogP contribution in [0.3, 0.4) is 0 Å². The Morgan fingerprint density at radius 3 is 2.50 bits per heavy atom. The summed E-state index contributed by atoms with van der Waals surface area (Å²) in [6, 6.07) is 8.59. The molecular weight excluding hydrogens is 242 g/mol. The van der Waals surface area contributed by atoms with Crippen LogP contribution in [0.2, 0.25) is 0 Å². The number of hydrogen-bond donors (Lipinski definition) is 1. The van der Waals surface area contributed by atoms with Crippen LogP contribution in [-0.2, 0) is 10.8 Å². The van der Waals surface area contributed by atoms with Crippen LogP contribution >= 0.6 is 0 Å². The third-order valence-corrected chi connectivity index (χ3v) is 4.51. The fourth-order valence-corrected chi connectivity index (χ4v) is 3.08. The lowest BCUT2D eigenvalue weighted by Gasteiger charge is -2.11. The van der Waals surface area contributed by atoms with Gasteiger partial charge >= 0.3 is 0 Å². The van der Waals surface area contributed by atoms with Gasteiger partial charge in [-0.3, -0.25) is 4.21 Å². The Balaban J connectivity index is 2.23. The molecule has 0 saturated heterocycles. The van der Waals surface area contributed by atoms with Gasteiger partial charge in [0.25, 0.3) is 0 Å². The largest absolute Gasteiger partial charge is 0.315 e. The monoisotopic (exact) mass is 267 g/mol. The molecule has 0 aliphatic rings. The van der Waals surface area contributed by atoms with Gasteiger partial charge in [-0.15, -0.1) is 0 Å². The average molecular weight is 267 g/mol. The molecule has 0 aromatic heterocycles. The molecule has 1 aromatic carbocycles. The topological polar surface area (TPSA) is 29.1 Å². The average Bonchev–Trinajstić information content (AvgIpc) is 2.35. The van der Waals surface area contributed by atoms with E-state index in [1.807, 2.05) is 24.3 Å². The molecule has 0 amide bonds. The molecule has 0 spiro atoms. The van der Waals surface area contributed by atoms with E-state index >= 15 is 0 Å². The van der Waals surface area contributed by atoms with Gasteiger partial charge in [-0.2, -0.15) is 0 Å². The van der Waals surface area contributed by atoms with Crippen molar-refractivity contribution in [3.63, 3.8) is 0 Å². The first-order chi connectivity index (χ1) is 8.63. The van der Waals surface area contributed by atoms with Gasteiger partial charge in [0, 0.05) is 16.7 Å². The number of rotatable bonds is 8. The van der Waals surface area contributed by atoms with Gasteiger partial charge in [-0.1, -0.05) is 31.0 Å². The summed E-state index contributed by atoms with van der Waals surface area (Å²) >= 11 is 0. The number of hydrogen-bond acceptors (Lipinski definition) is 2. The summed E-state index contributed by atoms with van der Waals surface area (Å²) in [6.45, 7) is 7.41. The maximum Gasteiger partial charge on any atom is 0.0529 e. The molecule has 18 heavy (non-hydrogen) atoms. The predicted octanol–water partition coefficient (Wildman–Crippen LogP) is 3.27. The second-order valence-electron chi connectivity index (χ2n) is 4.82. The standard InChI is InChI=1S/C15H25NOS/c1-4-16-14(3)7-5-6-12-18(17)15-10-8-13(2)9-11-15/h8-11,14,16H,4-7,12H2,1-3H3. The van der Waals surface area contributed by atoms with E-state index in [2.05, 4.69) is 26.1 Å². The summed E-state index contributed by atoms with van der Waals surface area (Å²) in [5.74, 6) is 0.780. The number of unbranched alkanes of at least 4 members (excludes halogenated alkanes) is 1. The number of aryl methyl sites for hydroxylation is 1. The van der Waals surface area contributed by atoms with Crippen LogP contribution in [-0.4, -0.2) is 22.5 Å². The van der Waals surface area contributed by atoms with Crippen molar-refractivity contribution in [2.75, 3.05) is 12.3 Å². The van der Waals surface area contributed by atoms with Crippen LogP contribution in [0.4, 0.5) is 0 Å². The minimum absolute atomic E-state index is 0.572. The van der Waals surface area contributed by atoms with E-state index in [0.717, 1.165) is 30.0 Å². The van der Waals surface area contributed by atoms with E-state index in [9.17, 15) is 4.21 Å². The van der Waals surface area contributed by atoms with Crippen molar-refractivity contribution in [2.24, 2.45) is 0 Å². The zero-order valence-electron chi connectivity index (χ0n) is 11.7. The molecule has 1 aromatic rings. The SMILES string of the molecule is CCNC(C)CCCCS(=O)c1ccc(C)cc1. The lowest BCUT2D eigenvalue weighted by molar-refractivity contribution is 0.509. The van der Waals surface area contributed by atoms with Gasteiger partial charge in [-0.25, -0.2) is 0 Å². The van der Waals surface area contributed by atoms with E-state index in [1.165, 1.54) is 12.0 Å². The molecule has 1 rings (SSSR count). The second kappa shape index (κ2) is 8.44. The zero-order chi connectivity index (χ0) is 13.4. The molecule has 0 bridgehead atoms. The quantitative estimate of drug-likeness (QED) is 0.732. The van der Waals surface area contributed by atoms with Crippen LogP contribution in [0, 0.1) is 6.92 Å². The smallest absolute Gasteiger partial charge is 0.0529 e. The highest BCUT2D eigenvalue weighted by Gasteiger charge is 2.04. The van der Waals surface area contributed by atoms with Gasteiger partial charge < -0.3 is 5.32 Å². The fourth-order valence-electron chi connectivity index (χ4n) is 1.94. The Morgan fingerprint density at radius 1 is 1.22 bits per heavy atom. The second-order valence-corrected chi connectivity index (χ2v) is 6.39. The molecule has 0 heterocycles. The summed E-state index contributed by atoms with van der Waals surface area (Å²) in [7, 11) is -0.831. The van der Waals surface area contributed by atoms with Crippen molar-refractivity contribution in [1.82, 2.24) is 5.32 Å². The normalized spacial score (nSPS) is 14.4. The Kier molecular flexibility index (Phi) is 7.21. The summed E-state index contributed by atoms with van der Waals surface area (Å²) < 4.78 is 12.0. The van der Waals surface area contributed by atoms with Crippen molar-refractivity contribution in [1.29, 1.82) is 0 Å². The summed E-state index contributed by atoms with van der Waals surface area (Å²) in [5.41, 5.74) is 1.22. The van der Waals surface area contributed by atoms with Gasteiger partial charge in [0.05, 0.1) is 10.8 Å². The fraction of sp³-hybridized carbons (Fsp3) is 0.600. The zero-order valence-corrected chi connectivity index (χ0v) is 12.6. The van der Waals surface area contributed by atoms with Crippen LogP contribution < -0.4 is 5.32 Å². The first-order valence-electron chi connectivity index (χ1n) is 6.82. The van der Waals surface area contributed by atoms with Crippen molar-refractivity contribution >= 4 is 10.8 Å². The Hall–Kier alpha value is -0.670. The van der Waals surface area contributed by atoms with Crippen LogP contribution in [0.1, 0.15) is 38.7 Å². The van der Waals surface area contributed by atoms with Crippen LogP contribution in [0.25, 0.3) is 0 Å². The highest BCUT2D eigenvalue weighted by Crippen LogP contribution is 2.11. The minimum Gasteiger partial charge on any atom is -0.315 e. The Bertz CT molecular complexity index is 361. The number of nitrogens with one attached hydrogen (secondary N) is 1. The molecule has 0 aliphatic heterocycles. The first-order valence-corrected chi connectivity index (χ1v) is 8.13. The molecule has 0 saturated carbocycles. The van der Waals surface area contributed by atoms with E-state index in [0.29, 0.717) is 6.04 Å². The maximum atomic E-state index is 12.0. The van der Waals surface area contributed by atoms with E-state index < -0.39 is 10.8 Å². The molecule has 102 valence electrons. The lowest BCUT2D eigenvalue weighted by atomic mass is 10.1. The molecule has 1 N–H and O–H groups in total. The molecule has 0 radical (unpaired) electrons. The summed E-state index contributed by atoms with van der Waals surface area (Å²) in [4.78, 5) is 0.959. The van der Waals surface area contributed by atoms with Gasteiger partial charge in [0.1, 0.15) is 0 Å². The highest BCUT2D eigenvalue weighted by molar-refractivity contribution is 7.85. The lowest BCUT2D eigenvalue weighted by Crippen LogP contribution is -2.25. The van der Waals surface area contributed by atoms with E-state index in [-0.39, 0.29) is 0 Å². The molecule has 0 aliphatic carbocycles. The van der Waals surface area contributed by atoms with Crippen molar-refractivity contribution < 1.29 is 4.21 Å². The molecule has 2 atom stereocenters. The highest BCUT2D eigenvalue weighted by atomic mass is 32.2. The third-order valence-electron chi connectivity index (χ3n) is 3.05. The van der Waals surface area contributed by atoms with Crippen LogP contribution in [0.5, 0.6) is 0 Å². The van der Waals surface area contributed by atoms with Gasteiger partial charge in [0.2, 0.25) is 0 Å². The Morgan fingerprint density at radius 2 is 1.89 bits per heavy atom. The molecule has 2 nitrogen and oxygen atoms in total. The molecule has 3 heteroatoms. The predicted molar refractivity (Wildman–Crippen MR) is 79.4 cm³/mol. The van der Waals surface area contributed by atoms with Gasteiger partial charge in [0.15, 0.2) is 0 Å². The van der Waals surface area contributed by atoms with Crippen molar-refractivity contribution in [3.05, 3.63) is 29.8 Å². The summed E-state index contributed by atoms with van der Waals surface area (Å²) in [6.07, 6.45) is 3.35. The minimum atomic E-state index is -0.831. The van der Waals surface area contributed by atoms with Crippen molar-refractivity contribution in [3.8, 4) is 0 Å². The van der Waals surface area contributed by atoms with E-state index in [4.69, 9.17) is 0 Å². The van der Waals surface area contributed by atoms with E-state index in [1.54, 1.807) is 0 Å². The molecular formula is C15H25NOS. The maximum absolute atomic E-state index is 12.0. The summed E-state index contributed by atoms with van der Waals surface area (Å²) in [5, 5.41) is 3.40. The van der Waals surface area contributed by atoms with Gasteiger partial charge in [-0.05, 0) is 45.4 Å². The molecule has 0 fully saturated rings. The van der Waals surface area contributed by atoms with Crippen LogP contribution in [0.15, 0.2) is 29.2 Å². The number of benzene rings is 1. The Labute approximate surface area is 114 Å². The van der Waals surface area contributed by atoms with Crippen molar-refractivity contribution in [2.45, 2.75) is 51.0 Å². The first kappa shape index (κ1) is 15.4.